The van der Waals surface area contributed by atoms with Crippen molar-refractivity contribution in [3.05, 3.63) is 59.7 Å². The van der Waals surface area contributed by atoms with Crippen molar-refractivity contribution in [3.8, 4) is 0 Å². The largest absolute Gasteiger partial charge is 0.377 e. The van der Waals surface area contributed by atoms with Crippen molar-refractivity contribution < 1.29 is 0 Å². The molecule has 20 heavy (non-hydrogen) atoms. The van der Waals surface area contributed by atoms with Gasteiger partial charge in [0.15, 0.2) is 0 Å². The van der Waals surface area contributed by atoms with E-state index in [1.165, 1.54) is 21.7 Å². The van der Waals surface area contributed by atoms with Crippen LogP contribution in [0, 0.1) is 0 Å². The van der Waals surface area contributed by atoms with Crippen molar-refractivity contribution in [1.82, 2.24) is 4.90 Å². The quantitative estimate of drug-likeness (QED) is 0.913. The van der Waals surface area contributed by atoms with Crippen LogP contribution >= 0.6 is 11.8 Å². The van der Waals surface area contributed by atoms with Gasteiger partial charge in [-0.2, -0.15) is 0 Å². The summed E-state index contributed by atoms with van der Waals surface area (Å²) >= 11 is 1.94. The Morgan fingerprint density at radius 1 is 1.10 bits per heavy atom. The van der Waals surface area contributed by atoms with Crippen LogP contribution in [0.5, 0.6) is 0 Å². The molecule has 2 aromatic rings. The highest BCUT2D eigenvalue weighted by molar-refractivity contribution is 7.99. The molecule has 0 spiro atoms. The zero-order valence-corrected chi connectivity index (χ0v) is 12.8. The Balaban J connectivity index is 1.82. The lowest BCUT2D eigenvalue weighted by atomic mass is 10.1. The van der Waals surface area contributed by atoms with Crippen LogP contribution < -0.4 is 5.32 Å². The molecule has 3 rings (SSSR count). The normalized spacial score (nSPS) is 17.2. The first-order chi connectivity index (χ1) is 9.74. The van der Waals surface area contributed by atoms with Crippen LogP contribution in [-0.2, 0) is 6.54 Å². The van der Waals surface area contributed by atoms with Crippen LogP contribution in [0.2, 0.25) is 0 Å². The van der Waals surface area contributed by atoms with Crippen LogP contribution in [0.15, 0.2) is 53.4 Å². The maximum absolute atomic E-state index is 3.72. The van der Waals surface area contributed by atoms with Gasteiger partial charge in [0.25, 0.3) is 0 Å². The number of para-hydroxylation sites is 1. The molecule has 1 aliphatic heterocycles. The van der Waals surface area contributed by atoms with Crippen LogP contribution in [-0.4, -0.2) is 24.7 Å². The SMILES string of the molecule is CN(C)Cc1ccccc1NC1CSc2ccccc21. The maximum atomic E-state index is 3.72. The molecule has 0 aliphatic carbocycles. The molecule has 3 heteroatoms. The smallest absolute Gasteiger partial charge is 0.0618 e. The third-order valence-corrected chi connectivity index (χ3v) is 4.72. The second-order valence-corrected chi connectivity index (χ2v) is 6.50. The van der Waals surface area contributed by atoms with Gasteiger partial charge in [0.05, 0.1) is 6.04 Å². The van der Waals surface area contributed by atoms with Crippen molar-refractivity contribution >= 4 is 17.4 Å². The molecule has 104 valence electrons. The van der Waals surface area contributed by atoms with E-state index in [2.05, 4.69) is 72.8 Å². The summed E-state index contributed by atoms with van der Waals surface area (Å²) in [5.74, 6) is 1.11. The number of thioether (sulfide) groups is 1. The maximum Gasteiger partial charge on any atom is 0.0618 e. The Morgan fingerprint density at radius 2 is 1.85 bits per heavy atom. The Morgan fingerprint density at radius 3 is 2.70 bits per heavy atom. The topological polar surface area (TPSA) is 15.3 Å². The molecule has 0 amide bonds. The molecule has 1 N–H and O–H groups in total. The van der Waals surface area contributed by atoms with Crippen molar-refractivity contribution in [2.45, 2.75) is 17.5 Å². The molecule has 1 unspecified atom stereocenters. The number of nitrogens with one attached hydrogen (secondary N) is 1. The minimum absolute atomic E-state index is 0.416. The summed E-state index contributed by atoms with van der Waals surface area (Å²) in [5, 5.41) is 3.72. The summed E-state index contributed by atoms with van der Waals surface area (Å²) in [6, 6.07) is 17.7. The molecule has 0 fully saturated rings. The third kappa shape index (κ3) is 2.84. The summed E-state index contributed by atoms with van der Waals surface area (Å²) in [6.45, 7) is 0.963. The van der Waals surface area contributed by atoms with Crippen LogP contribution in [0.25, 0.3) is 0 Å². The van der Waals surface area contributed by atoms with E-state index in [1.807, 2.05) is 11.8 Å². The Hall–Kier alpha value is -1.45. The predicted molar refractivity (Wildman–Crippen MR) is 87.4 cm³/mol. The van der Waals surface area contributed by atoms with Gasteiger partial charge in [0.1, 0.15) is 0 Å². The fourth-order valence-corrected chi connectivity index (χ4v) is 3.77. The highest BCUT2D eigenvalue weighted by Crippen LogP contribution is 2.39. The monoisotopic (exact) mass is 284 g/mol. The van der Waals surface area contributed by atoms with Gasteiger partial charge in [-0.1, -0.05) is 36.4 Å². The molecule has 0 saturated carbocycles. The van der Waals surface area contributed by atoms with Gasteiger partial charge in [-0.3, -0.25) is 0 Å². The molecular weight excluding hydrogens is 264 g/mol. The first-order valence-corrected chi connectivity index (χ1v) is 7.93. The molecule has 2 aromatic carbocycles. The van der Waals surface area contributed by atoms with Crippen molar-refractivity contribution in [2.75, 3.05) is 25.2 Å². The molecule has 1 atom stereocenters. The molecule has 0 saturated heterocycles. The predicted octanol–water partition coefficient (Wildman–Crippen LogP) is 4.01. The van der Waals surface area contributed by atoms with Crippen LogP contribution in [0.1, 0.15) is 17.2 Å². The average molecular weight is 284 g/mol. The highest BCUT2D eigenvalue weighted by Gasteiger charge is 2.22. The lowest BCUT2D eigenvalue weighted by Gasteiger charge is -2.19. The van der Waals surface area contributed by atoms with Gasteiger partial charge in [-0.05, 0) is 37.4 Å². The zero-order chi connectivity index (χ0) is 13.9. The van der Waals surface area contributed by atoms with Crippen LogP contribution in [0.4, 0.5) is 5.69 Å². The third-order valence-electron chi connectivity index (χ3n) is 3.53. The van der Waals surface area contributed by atoms with E-state index >= 15 is 0 Å². The standard InChI is InChI=1S/C17H20N2S/c1-19(2)11-13-7-3-5-9-15(13)18-16-12-20-17-10-6-4-8-14(16)17/h3-10,16,18H,11-12H2,1-2H3. The summed E-state index contributed by atoms with van der Waals surface area (Å²) in [5.41, 5.74) is 4.03. The Labute approximate surface area is 125 Å². The Bertz CT molecular complexity index is 595. The number of nitrogens with zero attached hydrogens (tertiary/aromatic N) is 1. The molecule has 0 radical (unpaired) electrons. The van der Waals surface area contributed by atoms with E-state index in [4.69, 9.17) is 0 Å². The van der Waals surface area contributed by atoms with Gasteiger partial charge in [0.2, 0.25) is 0 Å². The van der Waals surface area contributed by atoms with Gasteiger partial charge in [-0.25, -0.2) is 0 Å². The number of benzene rings is 2. The lowest BCUT2D eigenvalue weighted by Crippen LogP contribution is -2.15. The van der Waals surface area contributed by atoms with E-state index in [0.717, 1.165) is 12.3 Å². The van der Waals surface area contributed by atoms with E-state index in [-0.39, 0.29) is 0 Å². The molecule has 0 bridgehead atoms. The number of anilines is 1. The molecule has 2 nitrogen and oxygen atoms in total. The summed E-state index contributed by atoms with van der Waals surface area (Å²) in [6.07, 6.45) is 0. The first kappa shape index (κ1) is 13.5. The first-order valence-electron chi connectivity index (χ1n) is 6.95. The van der Waals surface area contributed by atoms with E-state index in [1.54, 1.807) is 0 Å². The lowest BCUT2D eigenvalue weighted by molar-refractivity contribution is 0.403. The molecule has 0 aromatic heterocycles. The molecule has 1 aliphatic rings. The van der Waals surface area contributed by atoms with Gasteiger partial charge >= 0.3 is 0 Å². The average Bonchev–Trinajstić information content (AvgIpc) is 2.84. The fourth-order valence-electron chi connectivity index (χ4n) is 2.61. The Kier molecular flexibility index (Phi) is 3.99. The number of fused-ring (bicyclic) bond motifs is 1. The van der Waals surface area contributed by atoms with Crippen molar-refractivity contribution in [3.63, 3.8) is 0 Å². The second-order valence-electron chi connectivity index (χ2n) is 5.44. The number of rotatable bonds is 4. The van der Waals surface area contributed by atoms with E-state index in [9.17, 15) is 0 Å². The van der Waals surface area contributed by atoms with E-state index in [0.29, 0.717) is 6.04 Å². The van der Waals surface area contributed by atoms with Crippen molar-refractivity contribution in [2.24, 2.45) is 0 Å². The minimum atomic E-state index is 0.416. The van der Waals surface area contributed by atoms with E-state index < -0.39 is 0 Å². The van der Waals surface area contributed by atoms with Crippen LogP contribution in [0.3, 0.4) is 0 Å². The number of hydrogen-bond donors (Lipinski definition) is 1. The minimum Gasteiger partial charge on any atom is -0.377 e. The summed E-state index contributed by atoms with van der Waals surface area (Å²) < 4.78 is 0. The van der Waals surface area contributed by atoms with Crippen molar-refractivity contribution in [1.29, 1.82) is 0 Å². The number of hydrogen-bond acceptors (Lipinski definition) is 3. The van der Waals surface area contributed by atoms with Gasteiger partial charge in [0, 0.05) is 22.9 Å². The molecule has 1 heterocycles. The fraction of sp³-hybridized carbons (Fsp3) is 0.294. The van der Waals surface area contributed by atoms with Gasteiger partial charge < -0.3 is 10.2 Å². The summed E-state index contributed by atoms with van der Waals surface area (Å²) in [7, 11) is 4.22. The highest BCUT2D eigenvalue weighted by atomic mass is 32.2. The van der Waals surface area contributed by atoms with Gasteiger partial charge in [-0.15, -0.1) is 11.8 Å². The molecular formula is C17H20N2S. The zero-order valence-electron chi connectivity index (χ0n) is 12.0. The summed E-state index contributed by atoms with van der Waals surface area (Å²) in [4.78, 5) is 3.62. The second kappa shape index (κ2) is 5.90.